The van der Waals surface area contributed by atoms with E-state index in [1.165, 1.54) is 124 Å². The molecule has 93 heavy (non-hydrogen) atoms. The molecule has 4 saturated heterocycles. The number of benzene rings is 2. The van der Waals surface area contributed by atoms with E-state index >= 15 is 0 Å². The third-order valence-corrected chi connectivity index (χ3v) is 20.4. The van der Waals surface area contributed by atoms with Crippen molar-refractivity contribution in [3.8, 4) is 11.5 Å². The average molecular weight is 1300 g/mol. The number of imide groups is 4. The van der Waals surface area contributed by atoms with Crippen molar-refractivity contribution in [3.63, 3.8) is 0 Å². The Bertz CT molecular complexity index is 2640. The predicted molar refractivity (Wildman–Crippen MR) is 364 cm³/mol. The van der Waals surface area contributed by atoms with Crippen LogP contribution in [-0.2, 0) is 43.7 Å². The van der Waals surface area contributed by atoms with Crippen molar-refractivity contribution in [3.05, 3.63) is 59.7 Å². The third-order valence-electron chi connectivity index (χ3n) is 20.4. The molecule has 0 bridgehead atoms. The van der Waals surface area contributed by atoms with Crippen LogP contribution in [0.2, 0.25) is 0 Å². The van der Waals surface area contributed by atoms with Crippen molar-refractivity contribution in [1.82, 2.24) is 29.4 Å². The number of esters is 2. The topological polar surface area (TPSA) is 193 Å². The van der Waals surface area contributed by atoms with Gasteiger partial charge in [0.2, 0.25) is 11.8 Å². The Kier molecular flexibility index (Phi) is 26.8. The number of nitrogens with zero attached hydrogens (tertiary/aromatic N) is 6. The van der Waals surface area contributed by atoms with Crippen LogP contribution in [0.3, 0.4) is 0 Å². The van der Waals surface area contributed by atoms with Crippen LogP contribution in [0.5, 0.6) is 11.5 Å². The molecule has 0 aliphatic carbocycles. The normalized spacial score (nSPS) is 19.8. The van der Waals surface area contributed by atoms with Gasteiger partial charge >= 0.3 is 24.0 Å². The molecular weight excluding hydrogens is 1180 g/mol. The zero-order valence-electron chi connectivity index (χ0n) is 60.1. The smallest absolute Gasteiger partial charge is 0.334 e. The highest BCUT2D eigenvalue weighted by Crippen LogP contribution is 2.52. The summed E-state index contributed by atoms with van der Waals surface area (Å²) in [4.78, 5) is 119. The fourth-order valence-electron chi connectivity index (χ4n) is 16.5. The van der Waals surface area contributed by atoms with E-state index in [2.05, 4.69) is 37.5 Å². The molecule has 2 aromatic carbocycles. The molecule has 18 heteroatoms. The summed E-state index contributed by atoms with van der Waals surface area (Å²) < 4.78 is 24.6. The minimum atomic E-state index is -1.35. The Labute approximate surface area is 558 Å². The summed E-state index contributed by atoms with van der Waals surface area (Å²) in [6.07, 6.45) is 22.0. The van der Waals surface area contributed by atoms with Gasteiger partial charge in [0.15, 0.2) is 0 Å². The molecule has 0 radical (unpaired) electrons. The summed E-state index contributed by atoms with van der Waals surface area (Å²) in [7, 11) is 0. The Morgan fingerprint density at radius 3 is 0.957 bits per heavy atom. The average Bonchev–Trinajstić information content (AvgIpc) is 1.60. The summed E-state index contributed by atoms with van der Waals surface area (Å²) in [5.74, 6) is -1.27. The zero-order chi connectivity index (χ0) is 68.7. The van der Waals surface area contributed by atoms with Gasteiger partial charge in [-0.05, 0) is 129 Å². The first-order valence-electron chi connectivity index (χ1n) is 35.4. The molecule has 4 fully saturated rings. The molecule has 2 spiro atoms. The van der Waals surface area contributed by atoms with Crippen LogP contribution in [0.15, 0.2) is 48.5 Å². The molecule has 520 valence electrons. The van der Waals surface area contributed by atoms with Crippen LogP contribution in [-0.4, -0.2) is 162 Å². The van der Waals surface area contributed by atoms with Crippen molar-refractivity contribution < 1.29 is 57.3 Å². The van der Waals surface area contributed by atoms with Gasteiger partial charge < -0.3 is 18.9 Å². The maximum absolute atomic E-state index is 14.6. The first-order valence-corrected chi connectivity index (χ1v) is 35.4. The van der Waals surface area contributed by atoms with Crippen molar-refractivity contribution in [2.24, 2.45) is 0 Å². The molecule has 0 N–H and O–H groups in total. The second kappa shape index (κ2) is 32.7. The van der Waals surface area contributed by atoms with E-state index in [0.29, 0.717) is 24.3 Å². The number of hydrogen-bond acceptors (Lipinski definition) is 14. The van der Waals surface area contributed by atoms with E-state index in [1.54, 1.807) is 0 Å². The van der Waals surface area contributed by atoms with Gasteiger partial charge in [-0.2, -0.15) is 0 Å². The van der Waals surface area contributed by atoms with Gasteiger partial charge in [-0.15, -0.1) is 0 Å². The maximum atomic E-state index is 14.6. The highest BCUT2D eigenvalue weighted by atomic mass is 16.6. The van der Waals surface area contributed by atoms with Crippen LogP contribution >= 0.6 is 0 Å². The predicted octanol–water partition coefficient (Wildman–Crippen LogP) is 14.9. The number of rotatable bonds is 36. The van der Waals surface area contributed by atoms with E-state index in [-0.39, 0.29) is 76.9 Å². The highest BCUT2D eigenvalue weighted by molar-refractivity contribution is 6.15. The molecule has 6 rings (SSSR count). The molecule has 18 nitrogen and oxygen atoms in total. The van der Waals surface area contributed by atoms with Crippen LogP contribution in [0.4, 0.5) is 9.59 Å². The molecule has 4 heterocycles. The van der Waals surface area contributed by atoms with Gasteiger partial charge in [0, 0.05) is 81.4 Å². The van der Waals surface area contributed by atoms with E-state index < -0.39 is 86.7 Å². The SMILES string of the molecule is CCCCCCCCCCCCN1C(=O)N(C(C)=O)C2(CC(C)(C)N(CC(COc3ccc(C(C)(C)c4ccc(OCC(CN5C(C)(C)CC6(CC5(C)C)C(=O)N(CCCCCCCCCCCC)C(=O)N6C(C)=O)OC(C)=O)cc4)cc3)OC(C)=O)C(C)(C)C2)C1=O. The molecule has 2 unspecified atom stereocenters. The number of urea groups is 2. The summed E-state index contributed by atoms with van der Waals surface area (Å²) in [6.45, 7) is 31.5. The maximum Gasteiger partial charge on any atom is 0.334 e. The largest absolute Gasteiger partial charge is 0.490 e. The first-order chi connectivity index (χ1) is 43.7. The lowest BCUT2D eigenvalue weighted by Crippen LogP contribution is -2.71. The fraction of sp³-hybridized carbons (Fsp3) is 0.733. The van der Waals surface area contributed by atoms with Crippen LogP contribution in [0.1, 0.15) is 276 Å². The number of unbranched alkanes of at least 4 members (excludes halogenated alkanes) is 18. The van der Waals surface area contributed by atoms with Gasteiger partial charge in [-0.25, -0.2) is 19.4 Å². The molecule has 2 atom stereocenters. The van der Waals surface area contributed by atoms with Crippen molar-refractivity contribution in [2.75, 3.05) is 39.4 Å². The van der Waals surface area contributed by atoms with Crippen LogP contribution < -0.4 is 9.47 Å². The van der Waals surface area contributed by atoms with E-state index in [0.717, 1.165) is 49.7 Å². The number of hydrogen-bond donors (Lipinski definition) is 0. The van der Waals surface area contributed by atoms with Crippen LogP contribution in [0, 0.1) is 0 Å². The standard InChI is InChI=1S/C75H118N6O12/c1-17-19-21-23-25-27-29-31-33-35-45-76-65(86)74(80(55(3)82)67(76)88)51-69(7,8)78(70(9,10)52-74)47-63(92-57(5)84)49-90-61-41-37-59(38-42-61)73(15,16)60-39-43-62(44-40-60)91-50-64(93-58(6)85)48-79-71(11,12)53-75(54-72(79,13)14)66(87)77(68(89)81(75)56(4)83)46-36-34-32-30-28-26-24-22-20-18-2/h37-44,63-64H,17-36,45-54H2,1-16H3. The lowest BCUT2D eigenvalue weighted by atomic mass is 9.68. The molecule has 0 aromatic heterocycles. The second-order valence-corrected chi connectivity index (χ2v) is 30.6. The Morgan fingerprint density at radius 1 is 0.430 bits per heavy atom. The summed E-state index contributed by atoms with van der Waals surface area (Å²) in [5, 5.41) is 0. The Hall–Kier alpha value is -5.88. The number of amides is 8. The van der Waals surface area contributed by atoms with Crippen molar-refractivity contribution in [2.45, 2.75) is 316 Å². The Balaban J connectivity index is 1.04. The summed E-state index contributed by atoms with van der Waals surface area (Å²) in [6, 6.07) is 14.6. The monoisotopic (exact) mass is 1290 g/mol. The van der Waals surface area contributed by atoms with Gasteiger partial charge in [0.25, 0.3) is 11.8 Å². The van der Waals surface area contributed by atoms with Crippen molar-refractivity contribution >= 4 is 47.6 Å². The summed E-state index contributed by atoms with van der Waals surface area (Å²) in [5.41, 5.74) is -4.02. The molecule has 4 aliphatic rings. The zero-order valence-corrected chi connectivity index (χ0v) is 60.1. The number of piperidine rings is 2. The molecule has 8 amide bonds. The fourth-order valence-corrected chi connectivity index (χ4v) is 16.5. The molecule has 0 saturated carbocycles. The van der Waals surface area contributed by atoms with Gasteiger partial charge in [0.05, 0.1) is 0 Å². The third kappa shape index (κ3) is 18.8. The minimum Gasteiger partial charge on any atom is -0.490 e. The van der Waals surface area contributed by atoms with Gasteiger partial charge in [0.1, 0.15) is 48.0 Å². The highest BCUT2D eigenvalue weighted by Gasteiger charge is 2.68. The number of ether oxygens (including phenoxy) is 4. The lowest BCUT2D eigenvalue weighted by molar-refractivity contribution is -0.163. The van der Waals surface area contributed by atoms with Gasteiger partial charge in [-0.3, -0.25) is 48.4 Å². The van der Waals surface area contributed by atoms with Crippen molar-refractivity contribution in [1.29, 1.82) is 0 Å². The molecule has 2 aromatic rings. The number of carbonyl (C=O) groups excluding carboxylic acids is 8. The minimum absolute atomic E-state index is 0.0508. The van der Waals surface area contributed by atoms with E-state index in [1.807, 2.05) is 104 Å². The Morgan fingerprint density at radius 2 is 0.699 bits per heavy atom. The number of carbonyl (C=O) groups is 8. The molecular formula is C75H118N6O12. The quantitative estimate of drug-likeness (QED) is 0.0355. The second-order valence-electron chi connectivity index (χ2n) is 30.6. The van der Waals surface area contributed by atoms with E-state index in [4.69, 9.17) is 18.9 Å². The first kappa shape index (κ1) is 76.1. The summed E-state index contributed by atoms with van der Waals surface area (Å²) >= 11 is 0. The number of likely N-dealkylation sites (tertiary alicyclic amines) is 2. The van der Waals surface area contributed by atoms with Crippen LogP contribution in [0.25, 0.3) is 0 Å². The molecule has 4 aliphatic heterocycles. The lowest BCUT2D eigenvalue weighted by Gasteiger charge is -2.59. The van der Waals surface area contributed by atoms with E-state index in [9.17, 15) is 38.4 Å². The van der Waals surface area contributed by atoms with Gasteiger partial charge in [-0.1, -0.05) is 168 Å².